The molecule has 0 aliphatic carbocycles. The molecule has 3 aromatic carbocycles. The minimum absolute atomic E-state index is 0.0238. The molecule has 8 nitrogen and oxygen atoms in total. The Morgan fingerprint density at radius 2 is 1.81 bits per heavy atom. The first-order valence-corrected chi connectivity index (χ1v) is 10.1. The minimum Gasteiger partial charge on any atom is -0.733 e. The molecule has 0 heterocycles. The third-order valence-electron chi connectivity index (χ3n) is 4.74. The number of para-hydroxylation sites is 2. The lowest BCUT2D eigenvalue weighted by molar-refractivity contribution is 0.0944. The van der Waals surface area contributed by atoms with Crippen LogP contribution < -0.4 is 15.9 Å². The zero-order chi connectivity index (χ0) is 23.3. The quantitative estimate of drug-likeness (QED) is 0.299. The Labute approximate surface area is 189 Å². The van der Waals surface area contributed by atoms with Crippen molar-refractivity contribution in [3.8, 4) is 0 Å². The number of aliphatic hydroxyl groups excluding tert-OH is 1. The summed E-state index contributed by atoms with van der Waals surface area (Å²) in [5.41, 5.74) is 2.44. The van der Waals surface area contributed by atoms with Crippen molar-refractivity contribution in [2.24, 2.45) is 0 Å². The number of carbonyl (C=O) groups excluding carboxylic acids is 2. The van der Waals surface area contributed by atoms with Gasteiger partial charge in [0.05, 0.1) is 23.0 Å². The highest BCUT2D eigenvalue weighted by molar-refractivity contribution is 6.35. The maximum absolute atomic E-state index is 13.1. The van der Waals surface area contributed by atoms with Crippen molar-refractivity contribution in [2.45, 2.75) is 6.92 Å². The number of hydrogen-bond acceptors (Lipinski definition) is 7. The molecular weight excluding hydrogens is 434 g/mol. The summed E-state index contributed by atoms with van der Waals surface area (Å²) < 4.78 is 0. The molecule has 0 bridgehead atoms. The van der Waals surface area contributed by atoms with Gasteiger partial charge in [-0.2, -0.15) is 0 Å². The number of ketones is 1. The number of aryl methyl sites for hydroxylation is 1. The predicted molar refractivity (Wildman–Crippen MR) is 123 cm³/mol. The van der Waals surface area contributed by atoms with Gasteiger partial charge in [0.1, 0.15) is 0 Å². The molecule has 0 unspecified atom stereocenters. The fraction of sp³-hybridized carbons (Fsp3) is 0.130. The molecule has 3 aromatic rings. The Bertz CT molecular complexity index is 1150. The van der Waals surface area contributed by atoms with Gasteiger partial charge < -0.3 is 26.2 Å². The highest BCUT2D eigenvalue weighted by Crippen LogP contribution is 2.30. The Hall–Kier alpha value is -3.43. The molecule has 0 spiro atoms. The number of aliphatic hydroxyl groups is 1. The monoisotopic (exact) mass is 454 g/mol. The molecular formula is C23H21ClN3O5-. The van der Waals surface area contributed by atoms with E-state index in [1.165, 1.54) is 18.2 Å². The van der Waals surface area contributed by atoms with Crippen LogP contribution in [0.15, 0.2) is 60.7 Å². The van der Waals surface area contributed by atoms with Crippen LogP contribution in [0.3, 0.4) is 0 Å². The molecule has 0 aliphatic rings. The molecule has 1 amide bonds. The number of anilines is 3. The van der Waals surface area contributed by atoms with E-state index in [9.17, 15) is 20.0 Å². The molecule has 0 fully saturated rings. The van der Waals surface area contributed by atoms with Crippen LogP contribution in [0.5, 0.6) is 0 Å². The maximum atomic E-state index is 13.1. The van der Waals surface area contributed by atoms with Crippen molar-refractivity contribution >= 4 is 40.4 Å². The SMILES string of the molecule is Cc1ccc(C(=O)NCCO)cc1C(=O)c1ccc(Nc2ccccc2N([O-])O)cc1Cl. The second-order valence-electron chi connectivity index (χ2n) is 6.95. The number of hydrogen-bond donors (Lipinski definition) is 4. The maximum Gasteiger partial charge on any atom is 0.251 e. The molecule has 32 heavy (non-hydrogen) atoms. The lowest BCUT2D eigenvalue weighted by Crippen LogP contribution is -2.26. The van der Waals surface area contributed by atoms with Gasteiger partial charge in [-0.25, -0.2) is 0 Å². The van der Waals surface area contributed by atoms with E-state index in [4.69, 9.17) is 16.7 Å². The van der Waals surface area contributed by atoms with Gasteiger partial charge in [0.2, 0.25) is 0 Å². The highest BCUT2D eigenvalue weighted by Gasteiger charge is 2.18. The second-order valence-corrected chi connectivity index (χ2v) is 7.36. The second kappa shape index (κ2) is 10.3. The van der Waals surface area contributed by atoms with Gasteiger partial charge in [-0.3, -0.25) is 14.8 Å². The molecule has 0 aliphatic heterocycles. The van der Waals surface area contributed by atoms with Crippen LogP contribution in [0.2, 0.25) is 5.02 Å². The fourth-order valence-corrected chi connectivity index (χ4v) is 3.37. The summed E-state index contributed by atoms with van der Waals surface area (Å²) in [6, 6.07) is 15.8. The Kier molecular flexibility index (Phi) is 7.45. The van der Waals surface area contributed by atoms with Crippen molar-refractivity contribution < 1.29 is 19.9 Å². The van der Waals surface area contributed by atoms with E-state index in [2.05, 4.69) is 10.6 Å². The number of nitrogens with one attached hydrogen (secondary N) is 2. The van der Waals surface area contributed by atoms with E-state index in [-0.39, 0.29) is 40.4 Å². The lowest BCUT2D eigenvalue weighted by Gasteiger charge is -2.25. The third kappa shape index (κ3) is 5.24. The lowest BCUT2D eigenvalue weighted by atomic mass is 9.96. The van der Waals surface area contributed by atoms with Crippen molar-refractivity contribution in [3.63, 3.8) is 0 Å². The normalized spacial score (nSPS) is 10.5. The molecule has 0 saturated carbocycles. The fourth-order valence-electron chi connectivity index (χ4n) is 3.10. The van der Waals surface area contributed by atoms with Crippen LogP contribution in [-0.4, -0.2) is 35.2 Å². The minimum atomic E-state index is -0.395. The van der Waals surface area contributed by atoms with Crippen molar-refractivity contribution in [3.05, 3.63) is 93.1 Å². The molecule has 0 aromatic heterocycles. The summed E-state index contributed by atoms with van der Waals surface area (Å²) in [5, 5.41) is 34.9. The smallest absolute Gasteiger partial charge is 0.251 e. The van der Waals surface area contributed by atoms with E-state index in [1.807, 2.05) is 0 Å². The Morgan fingerprint density at radius 3 is 2.50 bits per heavy atom. The summed E-state index contributed by atoms with van der Waals surface area (Å²) in [7, 11) is 0. The van der Waals surface area contributed by atoms with Crippen LogP contribution in [0.1, 0.15) is 31.8 Å². The van der Waals surface area contributed by atoms with Gasteiger partial charge in [0.25, 0.3) is 5.91 Å². The number of nitrogens with zero attached hydrogens (tertiary/aromatic N) is 1. The molecule has 0 radical (unpaired) electrons. The van der Waals surface area contributed by atoms with Crippen LogP contribution in [0.4, 0.5) is 17.1 Å². The molecule has 0 saturated heterocycles. The van der Waals surface area contributed by atoms with Gasteiger partial charge in [-0.05, 0) is 55.0 Å². The topological polar surface area (TPSA) is 125 Å². The van der Waals surface area contributed by atoms with Crippen LogP contribution in [0.25, 0.3) is 0 Å². The molecule has 9 heteroatoms. The van der Waals surface area contributed by atoms with Crippen molar-refractivity contribution in [1.82, 2.24) is 5.32 Å². The molecule has 166 valence electrons. The van der Waals surface area contributed by atoms with Gasteiger partial charge in [-0.15, -0.1) is 0 Å². The Morgan fingerprint density at radius 1 is 1.06 bits per heavy atom. The van der Waals surface area contributed by atoms with Crippen LogP contribution in [0, 0.1) is 12.1 Å². The van der Waals surface area contributed by atoms with Gasteiger partial charge in [0.15, 0.2) is 5.78 Å². The average molecular weight is 455 g/mol. The van der Waals surface area contributed by atoms with E-state index in [0.29, 0.717) is 28.1 Å². The summed E-state index contributed by atoms with van der Waals surface area (Å²) in [6.07, 6.45) is 0. The first kappa shape index (κ1) is 23.2. The Balaban J connectivity index is 1.87. The zero-order valence-corrected chi connectivity index (χ0v) is 17.9. The first-order valence-electron chi connectivity index (χ1n) is 9.68. The third-order valence-corrected chi connectivity index (χ3v) is 5.06. The van der Waals surface area contributed by atoms with Crippen LogP contribution in [-0.2, 0) is 0 Å². The van der Waals surface area contributed by atoms with Gasteiger partial charge in [0, 0.05) is 28.9 Å². The largest absolute Gasteiger partial charge is 0.733 e. The number of carbonyl (C=O) groups is 2. The number of halogens is 1. The van der Waals surface area contributed by atoms with Gasteiger partial charge >= 0.3 is 0 Å². The van der Waals surface area contributed by atoms with Gasteiger partial charge in [-0.1, -0.05) is 29.8 Å². The molecule has 3 rings (SSSR count). The van der Waals surface area contributed by atoms with Crippen molar-refractivity contribution in [2.75, 3.05) is 23.7 Å². The van der Waals surface area contributed by atoms with Crippen LogP contribution >= 0.6 is 11.6 Å². The highest BCUT2D eigenvalue weighted by atomic mass is 35.5. The van der Waals surface area contributed by atoms with Crippen molar-refractivity contribution in [1.29, 1.82) is 0 Å². The summed E-state index contributed by atoms with van der Waals surface area (Å²) in [6.45, 7) is 1.68. The van der Waals surface area contributed by atoms with E-state index in [1.54, 1.807) is 49.4 Å². The average Bonchev–Trinajstić information content (AvgIpc) is 2.77. The summed E-state index contributed by atoms with van der Waals surface area (Å²) in [4.78, 5) is 25.3. The summed E-state index contributed by atoms with van der Waals surface area (Å²) in [5.74, 6) is -0.744. The predicted octanol–water partition coefficient (Wildman–Crippen LogP) is 4.04. The number of rotatable bonds is 8. The molecule has 0 atom stereocenters. The molecule has 4 N–H and O–H groups in total. The van der Waals surface area contributed by atoms with E-state index < -0.39 is 5.91 Å². The summed E-state index contributed by atoms with van der Waals surface area (Å²) >= 11 is 6.38. The standard InChI is InChI=1S/C23H21ClN3O5/c1-14-6-7-15(23(30)25-10-11-28)12-18(14)22(29)17-9-8-16(13-19(17)24)26-20-4-2-3-5-21(20)27(31)32/h2-9,12-13,26,28,31H,10-11H2,1H3,(H,25,30)/q-1. The zero-order valence-electron chi connectivity index (χ0n) is 17.1. The van der Waals surface area contributed by atoms with E-state index >= 15 is 0 Å². The number of amides is 1. The van der Waals surface area contributed by atoms with E-state index in [0.717, 1.165) is 0 Å². The first-order chi connectivity index (χ1) is 15.3. The number of benzene rings is 3.